The van der Waals surface area contributed by atoms with E-state index >= 15 is 0 Å². The summed E-state index contributed by atoms with van der Waals surface area (Å²) in [6.45, 7) is 0. The van der Waals surface area contributed by atoms with Gasteiger partial charge in [0.25, 0.3) is 0 Å². The number of carbonyl (C=O) groups excluding carboxylic acids is 1. The first kappa shape index (κ1) is 10.2. The molecule has 2 rings (SSSR count). The number of fused-ring (bicyclic) bond motifs is 1. The first-order chi connectivity index (χ1) is 7.81. The molecule has 1 heterocycles. The minimum atomic E-state index is -0.590. The first-order valence-electron chi connectivity index (χ1n) is 4.74. The molecule has 0 fully saturated rings. The zero-order valence-corrected chi connectivity index (χ0v) is 8.75. The van der Waals surface area contributed by atoms with E-state index in [1.807, 2.05) is 41.1 Å². The van der Waals surface area contributed by atoms with Crippen LogP contribution < -0.4 is 5.43 Å². The molecule has 5 nitrogen and oxygen atoms in total. The molecule has 0 atom stereocenters. The predicted octanol–water partition coefficient (Wildman–Crippen LogP) is 1.79. The normalized spacial score (nSPS) is 10.8. The third-order valence-electron chi connectivity index (χ3n) is 2.15. The fourth-order valence-corrected chi connectivity index (χ4v) is 1.39. The number of para-hydroxylation sites is 1. The number of nitrogens with zero attached hydrogens (tertiary/aromatic N) is 2. The summed E-state index contributed by atoms with van der Waals surface area (Å²) in [6, 6.07) is 9.86. The van der Waals surface area contributed by atoms with Crippen LogP contribution in [-0.2, 0) is 4.74 Å². The van der Waals surface area contributed by atoms with Gasteiger partial charge in [-0.05, 0) is 17.5 Å². The second-order valence-electron chi connectivity index (χ2n) is 3.13. The van der Waals surface area contributed by atoms with Crippen LogP contribution in [0.1, 0.15) is 0 Å². The maximum absolute atomic E-state index is 10.7. The molecule has 1 amide bonds. The number of hydrogen-bond acceptors (Lipinski definition) is 3. The number of hydrazone groups is 1. The maximum atomic E-state index is 10.7. The largest absolute Gasteiger partial charge is 0.452 e. The topological polar surface area (TPSA) is 55.6 Å². The van der Waals surface area contributed by atoms with Crippen molar-refractivity contribution in [2.45, 2.75) is 0 Å². The van der Waals surface area contributed by atoms with E-state index in [1.54, 1.807) is 0 Å². The third-order valence-corrected chi connectivity index (χ3v) is 2.15. The van der Waals surface area contributed by atoms with Crippen LogP contribution >= 0.6 is 0 Å². The fourth-order valence-electron chi connectivity index (χ4n) is 1.39. The number of benzene rings is 1. The SMILES string of the molecule is COC(=O)N/N=C/n1ccc2ccccc21. The van der Waals surface area contributed by atoms with Gasteiger partial charge in [0.05, 0.1) is 12.6 Å². The molecule has 82 valence electrons. The van der Waals surface area contributed by atoms with Crippen molar-refractivity contribution in [3.8, 4) is 0 Å². The van der Waals surface area contributed by atoms with E-state index in [9.17, 15) is 4.79 Å². The summed E-state index contributed by atoms with van der Waals surface area (Å²) >= 11 is 0. The van der Waals surface area contributed by atoms with Crippen molar-refractivity contribution in [1.82, 2.24) is 9.99 Å². The maximum Gasteiger partial charge on any atom is 0.427 e. The second kappa shape index (κ2) is 4.48. The number of carbonyl (C=O) groups is 1. The second-order valence-corrected chi connectivity index (χ2v) is 3.13. The lowest BCUT2D eigenvalue weighted by molar-refractivity contribution is 0.171. The Morgan fingerprint density at radius 2 is 2.25 bits per heavy atom. The highest BCUT2D eigenvalue weighted by Gasteiger charge is 1.97. The van der Waals surface area contributed by atoms with Gasteiger partial charge in [0, 0.05) is 6.20 Å². The van der Waals surface area contributed by atoms with Gasteiger partial charge in [-0.3, -0.25) is 0 Å². The van der Waals surface area contributed by atoms with E-state index in [2.05, 4.69) is 15.3 Å². The van der Waals surface area contributed by atoms with Crippen molar-refractivity contribution in [1.29, 1.82) is 0 Å². The van der Waals surface area contributed by atoms with Crippen molar-refractivity contribution in [2.24, 2.45) is 5.10 Å². The molecule has 0 spiro atoms. The van der Waals surface area contributed by atoms with Gasteiger partial charge < -0.3 is 9.30 Å². The average Bonchev–Trinajstić information content (AvgIpc) is 2.73. The van der Waals surface area contributed by atoms with Gasteiger partial charge in [-0.1, -0.05) is 18.2 Å². The highest BCUT2D eigenvalue weighted by molar-refractivity contribution is 5.86. The van der Waals surface area contributed by atoms with Crippen molar-refractivity contribution >= 4 is 23.3 Å². The molecule has 5 heteroatoms. The summed E-state index contributed by atoms with van der Waals surface area (Å²) in [6.07, 6.45) is 2.79. The number of rotatable bonds is 2. The molecular formula is C11H11N3O2. The van der Waals surface area contributed by atoms with E-state index in [1.165, 1.54) is 13.4 Å². The van der Waals surface area contributed by atoms with Gasteiger partial charge in [-0.25, -0.2) is 10.2 Å². The zero-order valence-electron chi connectivity index (χ0n) is 8.75. The molecule has 0 saturated carbocycles. The smallest absolute Gasteiger partial charge is 0.427 e. The van der Waals surface area contributed by atoms with Crippen molar-refractivity contribution in [2.75, 3.05) is 7.11 Å². The third kappa shape index (κ3) is 2.03. The summed E-state index contributed by atoms with van der Waals surface area (Å²) in [7, 11) is 1.29. The number of hydrogen-bond donors (Lipinski definition) is 1. The highest BCUT2D eigenvalue weighted by atomic mass is 16.5. The molecule has 1 aromatic heterocycles. The molecule has 0 saturated heterocycles. The van der Waals surface area contributed by atoms with E-state index < -0.39 is 6.09 Å². The lowest BCUT2D eigenvalue weighted by Crippen LogP contribution is -2.17. The Hall–Kier alpha value is -2.30. The Morgan fingerprint density at radius 1 is 1.44 bits per heavy atom. The number of amides is 1. The van der Waals surface area contributed by atoms with Crippen LogP contribution in [0.4, 0.5) is 4.79 Å². The predicted molar refractivity (Wildman–Crippen MR) is 61.4 cm³/mol. The lowest BCUT2D eigenvalue weighted by Gasteiger charge is -1.98. The van der Waals surface area contributed by atoms with E-state index in [-0.39, 0.29) is 0 Å². The van der Waals surface area contributed by atoms with E-state index in [0.29, 0.717) is 0 Å². The van der Waals surface area contributed by atoms with Crippen LogP contribution in [0, 0.1) is 0 Å². The van der Waals surface area contributed by atoms with Gasteiger partial charge >= 0.3 is 6.09 Å². The quantitative estimate of drug-likeness (QED) is 0.473. The Kier molecular flexibility index (Phi) is 2.86. The van der Waals surface area contributed by atoms with E-state index in [4.69, 9.17) is 0 Å². The van der Waals surface area contributed by atoms with Crippen molar-refractivity contribution in [3.05, 3.63) is 36.5 Å². The molecule has 0 radical (unpaired) electrons. The summed E-state index contributed by atoms with van der Waals surface area (Å²) in [5, 5.41) is 4.87. The molecular weight excluding hydrogens is 206 g/mol. The zero-order chi connectivity index (χ0) is 11.4. The van der Waals surface area contributed by atoms with Crippen molar-refractivity contribution < 1.29 is 9.53 Å². The van der Waals surface area contributed by atoms with Gasteiger partial charge in [-0.2, -0.15) is 5.10 Å². The molecule has 0 aliphatic heterocycles. The molecule has 0 bridgehead atoms. The van der Waals surface area contributed by atoms with Crippen LogP contribution in [0.15, 0.2) is 41.6 Å². The van der Waals surface area contributed by atoms with Crippen LogP contribution in [0.5, 0.6) is 0 Å². The number of methoxy groups -OCH3 is 1. The molecule has 0 unspecified atom stereocenters. The molecule has 16 heavy (non-hydrogen) atoms. The molecule has 0 aliphatic carbocycles. The van der Waals surface area contributed by atoms with Gasteiger partial charge in [0.15, 0.2) is 0 Å². The molecule has 1 N–H and O–H groups in total. The van der Waals surface area contributed by atoms with Gasteiger partial charge in [0.2, 0.25) is 0 Å². The van der Waals surface area contributed by atoms with E-state index in [0.717, 1.165) is 10.9 Å². The highest BCUT2D eigenvalue weighted by Crippen LogP contribution is 2.12. The van der Waals surface area contributed by atoms with Crippen molar-refractivity contribution in [3.63, 3.8) is 0 Å². The Labute approximate surface area is 92.3 Å². The number of nitrogens with one attached hydrogen (secondary N) is 1. The summed E-state index contributed by atoms with van der Waals surface area (Å²) in [5.74, 6) is 0. The summed E-state index contributed by atoms with van der Waals surface area (Å²) in [4.78, 5) is 10.7. The molecule has 2 aromatic rings. The monoisotopic (exact) mass is 217 g/mol. The molecule has 0 aliphatic rings. The fraction of sp³-hybridized carbons (Fsp3) is 0.0909. The van der Waals surface area contributed by atoms with Gasteiger partial charge in [-0.15, -0.1) is 0 Å². The summed E-state index contributed by atoms with van der Waals surface area (Å²) < 4.78 is 6.19. The Balaban J connectivity index is 2.18. The number of aromatic nitrogens is 1. The summed E-state index contributed by atoms with van der Waals surface area (Å²) in [5.41, 5.74) is 3.25. The number of ether oxygens (including phenoxy) is 1. The van der Waals surface area contributed by atoms with Crippen LogP contribution in [0.25, 0.3) is 10.9 Å². The van der Waals surface area contributed by atoms with Crippen LogP contribution in [0.2, 0.25) is 0 Å². The van der Waals surface area contributed by atoms with Crippen LogP contribution in [-0.4, -0.2) is 24.1 Å². The molecule has 1 aromatic carbocycles. The van der Waals surface area contributed by atoms with Gasteiger partial charge in [0.1, 0.15) is 6.34 Å². The standard InChI is InChI=1S/C11H11N3O2/c1-16-11(15)13-12-8-14-7-6-9-4-2-3-5-10(9)14/h2-8H,1H3,(H,13,15)/b12-8+. The minimum Gasteiger partial charge on any atom is -0.452 e. The lowest BCUT2D eigenvalue weighted by atomic mass is 10.2. The Bertz CT molecular complexity index is 531. The first-order valence-corrected chi connectivity index (χ1v) is 4.74. The Morgan fingerprint density at radius 3 is 3.06 bits per heavy atom. The minimum absolute atomic E-state index is 0.590. The van der Waals surface area contributed by atoms with Crippen LogP contribution in [0.3, 0.4) is 0 Å². The average molecular weight is 217 g/mol.